The molecule has 0 fully saturated rings. The Morgan fingerprint density at radius 3 is 2.57 bits per heavy atom. The van der Waals surface area contributed by atoms with Crippen molar-refractivity contribution >= 4 is 22.9 Å². The van der Waals surface area contributed by atoms with Crippen molar-refractivity contribution in [3.63, 3.8) is 0 Å². The topological polar surface area (TPSA) is 0 Å². The molecular formula is C4H2ClNaS. The molecule has 0 nitrogen and oxygen atoms in total. The van der Waals surface area contributed by atoms with Gasteiger partial charge in [-0.15, -0.1) is 5.38 Å². The normalized spacial score (nSPS) is 7.57. The van der Waals surface area contributed by atoms with Gasteiger partial charge in [0.1, 0.15) is 0 Å². The summed E-state index contributed by atoms with van der Waals surface area (Å²) in [5, 5.41) is 2.84. The predicted octanol–water partition coefficient (Wildman–Crippen LogP) is -0.794. The second-order valence-corrected chi connectivity index (χ2v) is 2.37. The van der Waals surface area contributed by atoms with Crippen LogP contribution in [0.25, 0.3) is 0 Å². The first-order valence-electron chi connectivity index (χ1n) is 1.51. The molecule has 0 saturated carbocycles. The van der Waals surface area contributed by atoms with Gasteiger partial charge in [0.25, 0.3) is 0 Å². The minimum absolute atomic E-state index is 0. The van der Waals surface area contributed by atoms with Gasteiger partial charge in [-0.2, -0.15) is 23.7 Å². The molecule has 1 heterocycles. The van der Waals surface area contributed by atoms with E-state index in [0.29, 0.717) is 0 Å². The smallest absolute Gasteiger partial charge is 0.284 e. The van der Waals surface area contributed by atoms with Crippen LogP contribution in [0.3, 0.4) is 0 Å². The minimum Gasteiger partial charge on any atom is -0.284 e. The fraction of sp³-hybridized carbons (Fsp3) is 0. The van der Waals surface area contributed by atoms with Crippen molar-refractivity contribution in [3.8, 4) is 0 Å². The molecular weight excluding hydrogens is 139 g/mol. The van der Waals surface area contributed by atoms with E-state index < -0.39 is 0 Å². The molecule has 1 aromatic rings. The van der Waals surface area contributed by atoms with Crippen LogP contribution in [0.5, 0.6) is 0 Å². The summed E-state index contributed by atoms with van der Waals surface area (Å²) in [6.07, 6.45) is 0. The van der Waals surface area contributed by atoms with Crippen LogP contribution in [0.15, 0.2) is 12.1 Å². The van der Waals surface area contributed by atoms with Crippen molar-refractivity contribution in [2.24, 2.45) is 0 Å². The van der Waals surface area contributed by atoms with E-state index in [1.807, 2.05) is 6.07 Å². The molecule has 1 aromatic heterocycles. The average molecular weight is 141 g/mol. The third-order valence-corrected chi connectivity index (χ3v) is 1.38. The first-order valence-corrected chi connectivity index (χ1v) is 2.70. The summed E-state index contributed by atoms with van der Waals surface area (Å²) in [5.41, 5.74) is 0. The molecule has 0 radical (unpaired) electrons. The second kappa shape index (κ2) is 3.93. The van der Waals surface area contributed by atoms with E-state index >= 15 is 0 Å². The van der Waals surface area contributed by atoms with Crippen molar-refractivity contribution in [2.75, 3.05) is 0 Å². The molecule has 32 valence electrons. The van der Waals surface area contributed by atoms with Crippen molar-refractivity contribution < 1.29 is 29.6 Å². The molecule has 0 saturated heterocycles. The Balaban J connectivity index is 0.000000360. The second-order valence-electron chi connectivity index (χ2n) is 0.857. The number of rotatable bonds is 0. The van der Waals surface area contributed by atoms with Crippen molar-refractivity contribution in [1.29, 1.82) is 0 Å². The average Bonchev–Trinajstić information content (AvgIpc) is 1.86. The number of hydrogen-bond donors (Lipinski definition) is 0. The maximum absolute atomic E-state index is 5.44. The van der Waals surface area contributed by atoms with Crippen LogP contribution in [0.2, 0.25) is 4.34 Å². The predicted molar refractivity (Wildman–Crippen MR) is 28.2 cm³/mol. The van der Waals surface area contributed by atoms with Gasteiger partial charge in [0.2, 0.25) is 0 Å². The van der Waals surface area contributed by atoms with Gasteiger partial charge in [-0.25, -0.2) is 0 Å². The summed E-state index contributed by atoms with van der Waals surface area (Å²) in [6.45, 7) is 0. The summed E-state index contributed by atoms with van der Waals surface area (Å²) < 4.78 is 0.801. The van der Waals surface area contributed by atoms with Gasteiger partial charge in [0, 0.05) is 0 Å². The Kier molecular flexibility index (Phi) is 4.48. The molecule has 0 bridgehead atoms. The first kappa shape index (κ1) is 7.99. The summed E-state index contributed by atoms with van der Waals surface area (Å²) in [5.74, 6) is 0. The summed E-state index contributed by atoms with van der Waals surface area (Å²) >= 11 is 6.86. The Labute approximate surface area is 73.8 Å². The van der Waals surface area contributed by atoms with E-state index in [2.05, 4.69) is 5.38 Å². The number of hydrogen-bond acceptors (Lipinski definition) is 1. The number of halogens is 1. The van der Waals surface area contributed by atoms with Crippen LogP contribution in [-0.2, 0) is 0 Å². The van der Waals surface area contributed by atoms with Crippen LogP contribution < -0.4 is 29.6 Å². The fourth-order valence-corrected chi connectivity index (χ4v) is 0.805. The van der Waals surface area contributed by atoms with E-state index in [-0.39, 0.29) is 29.6 Å². The van der Waals surface area contributed by atoms with E-state index in [9.17, 15) is 0 Å². The molecule has 0 spiro atoms. The largest absolute Gasteiger partial charge is 1.00 e. The molecule has 0 aliphatic heterocycles. The summed E-state index contributed by atoms with van der Waals surface area (Å²) in [6, 6.07) is 3.61. The molecule has 0 aromatic carbocycles. The van der Waals surface area contributed by atoms with Crippen LogP contribution in [-0.4, -0.2) is 0 Å². The standard InChI is InChI=1S/C4H2ClS.Na/c5-4-2-1-3-6-4;/h1-2H;/q-1;+1. The van der Waals surface area contributed by atoms with Crippen LogP contribution in [0.1, 0.15) is 0 Å². The van der Waals surface area contributed by atoms with Crippen LogP contribution in [0, 0.1) is 5.38 Å². The molecule has 0 unspecified atom stereocenters. The molecule has 0 amide bonds. The van der Waals surface area contributed by atoms with Crippen molar-refractivity contribution in [2.45, 2.75) is 0 Å². The van der Waals surface area contributed by atoms with Crippen LogP contribution >= 0.6 is 22.9 Å². The third-order valence-electron chi connectivity index (χ3n) is 0.439. The Morgan fingerprint density at radius 1 is 1.71 bits per heavy atom. The molecule has 0 aliphatic carbocycles. The summed E-state index contributed by atoms with van der Waals surface area (Å²) in [7, 11) is 0. The van der Waals surface area contributed by atoms with E-state index in [1.54, 1.807) is 6.07 Å². The maximum Gasteiger partial charge on any atom is 1.00 e. The molecule has 3 heteroatoms. The Bertz CT molecular complexity index is 115. The fourth-order valence-electron chi connectivity index (χ4n) is 0.224. The maximum atomic E-state index is 5.44. The molecule has 7 heavy (non-hydrogen) atoms. The zero-order valence-electron chi connectivity index (χ0n) is 3.94. The van der Waals surface area contributed by atoms with Crippen LogP contribution in [0.4, 0.5) is 0 Å². The molecule has 0 atom stereocenters. The zero-order chi connectivity index (χ0) is 4.41. The Morgan fingerprint density at radius 2 is 2.43 bits per heavy atom. The van der Waals surface area contributed by atoms with Gasteiger partial charge in [0.05, 0.1) is 0 Å². The van der Waals surface area contributed by atoms with E-state index in [4.69, 9.17) is 11.6 Å². The van der Waals surface area contributed by atoms with E-state index in [0.717, 1.165) is 4.34 Å². The van der Waals surface area contributed by atoms with Gasteiger partial charge in [-0.05, 0) is 0 Å². The monoisotopic (exact) mass is 140 g/mol. The zero-order valence-corrected chi connectivity index (χ0v) is 7.51. The quantitative estimate of drug-likeness (QED) is 0.327. The van der Waals surface area contributed by atoms with Gasteiger partial charge < -0.3 is 0 Å². The number of thiophene rings is 1. The summed E-state index contributed by atoms with van der Waals surface area (Å²) in [4.78, 5) is 0. The third kappa shape index (κ3) is 2.73. The molecule has 0 N–H and O–H groups in total. The minimum atomic E-state index is 0. The van der Waals surface area contributed by atoms with Gasteiger partial charge in [-0.3, -0.25) is 11.3 Å². The molecule has 0 aliphatic rings. The SMILES string of the molecule is Clc1cc[c-]s1.[Na+]. The molecule has 1 rings (SSSR count). The van der Waals surface area contributed by atoms with Crippen molar-refractivity contribution in [3.05, 3.63) is 21.8 Å². The van der Waals surface area contributed by atoms with Gasteiger partial charge in [-0.1, -0.05) is 4.34 Å². The van der Waals surface area contributed by atoms with E-state index in [1.165, 1.54) is 11.3 Å². The Hall–Kier alpha value is 0.990. The first-order chi connectivity index (χ1) is 2.89. The van der Waals surface area contributed by atoms with Crippen molar-refractivity contribution in [1.82, 2.24) is 0 Å². The van der Waals surface area contributed by atoms with Gasteiger partial charge >= 0.3 is 29.6 Å². The van der Waals surface area contributed by atoms with Gasteiger partial charge in [0.15, 0.2) is 0 Å².